The number of nitrogens with zero attached hydrogens (tertiary/aromatic N) is 5. The average Bonchev–Trinajstić information content (AvgIpc) is 2.73. The topological polar surface area (TPSA) is 107 Å². The number of alkyl halides is 3. The van der Waals surface area contributed by atoms with E-state index in [9.17, 15) is 22.3 Å². The molecule has 0 atom stereocenters. The highest BCUT2D eigenvalue weighted by atomic mass is 32.3. The van der Waals surface area contributed by atoms with E-state index >= 15 is 0 Å². The predicted molar refractivity (Wildman–Crippen MR) is 117 cm³/mol. The molecule has 170 valence electrons. The van der Waals surface area contributed by atoms with Gasteiger partial charge in [-0.1, -0.05) is 6.07 Å². The van der Waals surface area contributed by atoms with Crippen molar-refractivity contribution >= 4 is 28.2 Å². The second kappa shape index (κ2) is 8.52. The molecule has 0 radical (unpaired) electrons. The lowest BCUT2D eigenvalue weighted by molar-refractivity contribution is -0.141. The Hall–Kier alpha value is -2.96. The fourth-order valence-corrected chi connectivity index (χ4v) is 4.52. The van der Waals surface area contributed by atoms with Crippen molar-refractivity contribution in [2.24, 2.45) is 0 Å². The molecule has 3 heterocycles. The first kappa shape index (κ1) is 22.2. The van der Waals surface area contributed by atoms with Crippen molar-refractivity contribution in [2.45, 2.75) is 13.1 Å². The number of aromatic nitrogens is 4. The maximum absolute atomic E-state index is 12.9. The van der Waals surface area contributed by atoms with Crippen LogP contribution in [-0.2, 0) is 6.18 Å². The van der Waals surface area contributed by atoms with Crippen LogP contribution in [0.15, 0.2) is 42.9 Å². The number of nitrogens with one attached hydrogen (secondary N) is 1. The van der Waals surface area contributed by atoms with Crippen LogP contribution in [0.4, 0.5) is 30.8 Å². The van der Waals surface area contributed by atoms with Gasteiger partial charge in [-0.05, 0) is 36.2 Å². The molecule has 0 aliphatic carbocycles. The molecular weight excluding hydrogens is 445 g/mol. The molecule has 0 bridgehead atoms. The molecule has 0 saturated carbocycles. The van der Waals surface area contributed by atoms with Gasteiger partial charge in [-0.2, -0.15) is 23.8 Å². The first-order valence-corrected chi connectivity index (χ1v) is 11.6. The van der Waals surface area contributed by atoms with Gasteiger partial charge < -0.3 is 10.2 Å². The Morgan fingerprint density at radius 1 is 1.00 bits per heavy atom. The van der Waals surface area contributed by atoms with Gasteiger partial charge >= 0.3 is 6.18 Å². The molecule has 1 aliphatic rings. The maximum atomic E-state index is 12.9. The van der Waals surface area contributed by atoms with Crippen LogP contribution in [0.5, 0.6) is 0 Å². The SMILES string of the molecule is Cc1cc(Nc2nccc(C(F)(F)F)n2)cc(-c2cnc(N3CCS(O)(O)CC3)nc2)c1. The van der Waals surface area contributed by atoms with Gasteiger partial charge in [0.05, 0.1) is 11.5 Å². The molecule has 1 saturated heterocycles. The van der Waals surface area contributed by atoms with Crippen LogP contribution >= 0.6 is 10.6 Å². The number of hydrogen-bond donors (Lipinski definition) is 3. The van der Waals surface area contributed by atoms with Crippen molar-refractivity contribution in [2.75, 3.05) is 34.8 Å². The van der Waals surface area contributed by atoms with E-state index in [0.29, 0.717) is 36.2 Å². The van der Waals surface area contributed by atoms with Gasteiger partial charge in [0.25, 0.3) is 0 Å². The van der Waals surface area contributed by atoms with Crippen molar-refractivity contribution < 1.29 is 22.3 Å². The van der Waals surface area contributed by atoms with Crippen molar-refractivity contribution in [3.63, 3.8) is 0 Å². The van der Waals surface area contributed by atoms with Crippen LogP contribution in [0.2, 0.25) is 0 Å². The number of halogens is 3. The minimum atomic E-state index is -4.55. The fourth-order valence-electron chi connectivity index (χ4n) is 3.29. The minimum Gasteiger partial charge on any atom is -0.338 e. The average molecular weight is 466 g/mol. The highest BCUT2D eigenvalue weighted by molar-refractivity contribution is 8.24. The lowest BCUT2D eigenvalue weighted by atomic mass is 10.1. The highest BCUT2D eigenvalue weighted by Crippen LogP contribution is 2.40. The zero-order valence-corrected chi connectivity index (χ0v) is 17.9. The molecule has 4 rings (SSSR count). The van der Waals surface area contributed by atoms with Crippen LogP contribution in [0.25, 0.3) is 11.1 Å². The zero-order valence-electron chi connectivity index (χ0n) is 17.0. The van der Waals surface area contributed by atoms with E-state index in [2.05, 4.69) is 25.3 Å². The van der Waals surface area contributed by atoms with Gasteiger partial charge in [-0.3, -0.25) is 9.11 Å². The summed E-state index contributed by atoms with van der Waals surface area (Å²) in [5.41, 5.74) is 1.89. The van der Waals surface area contributed by atoms with Crippen molar-refractivity contribution in [3.8, 4) is 11.1 Å². The second-order valence-corrected chi connectivity index (χ2v) is 9.87. The number of hydrogen-bond acceptors (Lipinski definition) is 8. The van der Waals surface area contributed by atoms with E-state index in [0.717, 1.165) is 29.0 Å². The summed E-state index contributed by atoms with van der Waals surface area (Å²) in [6, 6.07) is 6.25. The van der Waals surface area contributed by atoms with Crippen LogP contribution in [0.3, 0.4) is 0 Å². The standard InChI is InChI=1S/C20H21F3N6O2S/c1-13-8-14(10-16(9-13)27-18-24-3-2-17(28-18)20(21,22)23)15-11-25-19(26-12-15)29-4-6-32(30,31)7-5-29/h2-3,8-12,30-31H,4-7H2,1H3,(H,24,27,28). The van der Waals surface area contributed by atoms with Crippen molar-refractivity contribution in [1.82, 2.24) is 19.9 Å². The quantitative estimate of drug-likeness (QED) is 0.513. The lowest BCUT2D eigenvalue weighted by Gasteiger charge is -2.40. The van der Waals surface area contributed by atoms with Crippen LogP contribution in [-0.4, -0.2) is 53.6 Å². The van der Waals surface area contributed by atoms with Gasteiger partial charge in [0.15, 0.2) is 0 Å². The Labute approximate surface area is 183 Å². The molecule has 0 amide bonds. The summed E-state index contributed by atoms with van der Waals surface area (Å²) >= 11 is 0. The van der Waals surface area contributed by atoms with Crippen LogP contribution in [0.1, 0.15) is 11.3 Å². The van der Waals surface area contributed by atoms with Gasteiger partial charge in [0.2, 0.25) is 11.9 Å². The van der Waals surface area contributed by atoms with E-state index in [1.807, 2.05) is 17.9 Å². The van der Waals surface area contributed by atoms with Crippen molar-refractivity contribution in [3.05, 3.63) is 54.1 Å². The third-order valence-electron chi connectivity index (χ3n) is 4.91. The van der Waals surface area contributed by atoms with E-state index in [-0.39, 0.29) is 5.95 Å². The Morgan fingerprint density at radius 2 is 1.69 bits per heavy atom. The third kappa shape index (κ3) is 5.26. The predicted octanol–water partition coefficient (Wildman–Crippen LogP) is 4.58. The minimum absolute atomic E-state index is 0.154. The van der Waals surface area contributed by atoms with E-state index in [1.165, 1.54) is 0 Å². The molecule has 1 fully saturated rings. The van der Waals surface area contributed by atoms with Gasteiger partial charge in [-0.25, -0.2) is 19.9 Å². The first-order chi connectivity index (χ1) is 15.1. The molecule has 12 heteroatoms. The molecule has 32 heavy (non-hydrogen) atoms. The van der Waals surface area contributed by atoms with Crippen LogP contribution < -0.4 is 10.2 Å². The van der Waals surface area contributed by atoms with Crippen LogP contribution in [0, 0.1) is 6.92 Å². The van der Waals surface area contributed by atoms with Crippen molar-refractivity contribution in [1.29, 1.82) is 0 Å². The molecule has 1 aromatic carbocycles. The molecule has 2 aromatic heterocycles. The summed E-state index contributed by atoms with van der Waals surface area (Å²) in [4.78, 5) is 18.1. The fraction of sp³-hybridized carbons (Fsp3) is 0.300. The summed E-state index contributed by atoms with van der Waals surface area (Å²) in [5.74, 6) is 0.941. The Balaban J connectivity index is 1.53. The monoisotopic (exact) mass is 466 g/mol. The zero-order chi connectivity index (χ0) is 22.9. The number of rotatable bonds is 4. The Kier molecular flexibility index (Phi) is 5.93. The number of aryl methyl sites for hydroxylation is 1. The number of anilines is 3. The second-order valence-electron chi connectivity index (χ2n) is 7.45. The normalized spacial score (nSPS) is 17.1. The Morgan fingerprint density at radius 3 is 2.34 bits per heavy atom. The summed E-state index contributed by atoms with van der Waals surface area (Å²) in [5, 5.41) is 2.82. The summed E-state index contributed by atoms with van der Waals surface area (Å²) in [6.07, 6.45) is -0.175. The molecular formula is C20H21F3N6O2S. The van der Waals surface area contributed by atoms with E-state index in [4.69, 9.17) is 0 Å². The molecule has 3 aromatic rings. The van der Waals surface area contributed by atoms with Gasteiger partial charge in [-0.15, -0.1) is 0 Å². The highest BCUT2D eigenvalue weighted by Gasteiger charge is 2.32. The molecule has 8 nitrogen and oxygen atoms in total. The summed E-state index contributed by atoms with van der Waals surface area (Å²) < 4.78 is 58.2. The largest absolute Gasteiger partial charge is 0.433 e. The lowest BCUT2D eigenvalue weighted by Crippen LogP contribution is -2.39. The first-order valence-electron chi connectivity index (χ1n) is 9.69. The molecule has 0 spiro atoms. The number of benzene rings is 1. The smallest absolute Gasteiger partial charge is 0.338 e. The third-order valence-corrected chi connectivity index (χ3v) is 6.58. The molecule has 3 N–H and O–H groups in total. The molecule has 1 aliphatic heterocycles. The summed E-state index contributed by atoms with van der Waals surface area (Å²) in [7, 11) is -2.50. The maximum Gasteiger partial charge on any atom is 0.433 e. The van der Waals surface area contributed by atoms with Gasteiger partial charge in [0.1, 0.15) is 5.69 Å². The van der Waals surface area contributed by atoms with E-state index < -0.39 is 22.5 Å². The molecule has 0 unspecified atom stereocenters. The van der Waals surface area contributed by atoms with Gasteiger partial charge in [0, 0.05) is 42.9 Å². The Bertz CT molecular complexity index is 1100. The summed E-state index contributed by atoms with van der Waals surface area (Å²) in [6.45, 7) is 2.80. The van der Waals surface area contributed by atoms with E-state index in [1.54, 1.807) is 24.5 Å².